The lowest BCUT2D eigenvalue weighted by Crippen LogP contribution is -2.33. The molecule has 1 atom stereocenters. The molecule has 2 aliphatic heterocycles. The monoisotopic (exact) mass is 272 g/mol. The zero-order valence-electron chi connectivity index (χ0n) is 12.1. The first-order chi connectivity index (χ1) is 9.84. The second-order valence-corrected chi connectivity index (χ2v) is 5.99. The Hall–Kier alpha value is -1.35. The molecule has 1 saturated heterocycles. The Kier molecular flexibility index (Phi) is 4.36. The van der Waals surface area contributed by atoms with Crippen molar-refractivity contribution in [1.29, 1.82) is 0 Å². The van der Waals surface area contributed by atoms with Crippen molar-refractivity contribution in [2.45, 2.75) is 44.6 Å². The van der Waals surface area contributed by atoms with E-state index in [0.29, 0.717) is 6.04 Å². The number of nitrogens with zero attached hydrogens (tertiary/aromatic N) is 1. The van der Waals surface area contributed by atoms with E-state index in [1.807, 2.05) is 18.2 Å². The van der Waals surface area contributed by atoms with Gasteiger partial charge in [-0.2, -0.15) is 0 Å². The molecule has 3 nitrogen and oxygen atoms in total. The van der Waals surface area contributed by atoms with E-state index in [2.05, 4.69) is 16.3 Å². The van der Waals surface area contributed by atoms with E-state index in [9.17, 15) is 4.79 Å². The van der Waals surface area contributed by atoms with Crippen LogP contribution in [0.2, 0.25) is 0 Å². The van der Waals surface area contributed by atoms with Crippen LogP contribution in [0.4, 0.5) is 0 Å². The first kappa shape index (κ1) is 13.6. The average Bonchev–Trinajstić information content (AvgIpc) is 2.93. The third-order valence-electron chi connectivity index (χ3n) is 4.55. The molecule has 2 heterocycles. The van der Waals surface area contributed by atoms with Gasteiger partial charge in [0.1, 0.15) is 0 Å². The number of rotatable bonds is 4. The maximum absolute atomic E-state index is 12.6. The highest BCUT2D eigenvalue weighted by Crippen LogP contribution is 2.19. The summed E-state index contributed by atoms with van der Waals surface area (Å²) in [5.41, 5.74) is 2.14. The molecule has 0 aliphatic carbocycles. The number of aryl methyl sites for hydroxylation is 1. The van der Waals surface area contributed by atoms with E-state index in [0.717, 1.165) is 37.9 Å². The third-order valence-corrected chi connectivity index (χ3v) is 4.55. The molecule has 20 heavy (non-hydrogen) atoms. The summed E-state index contributed by atoms with van der Waals surface area (Å²) in [7, 11) is 0. The smallest absolute Gasteiger partial charge is 0.254 e. The predicted octanol–water partition coefficient (Wildman–Crippen LogP) is 2.61. The fourth-order valence-corrected chi connectivity index (χ4v) is 3.42. The molecule has 1 N–H and O–H groups in total. The van der Waals surface area contributed by atoms with Gasteiger partial charge in [-0.15, -0.1) is 0 Å². The summed E-state index contributed by atoms with van der Waals surface area (Å²) in [4.78, 5) is 14.6. The van der Waals surface area contributed by atoms with Gasteiger partial charge in [-0.1, -0.05) is 18.2 Å². The van der Waals surface area contributed by atoms with Gasteiger partial charge in [-0.3, -0.25) is 4.79 Å². The highest BCUT2D eigenvalue weighted by Gasteiger charge is 2.22. The number of amides is 1. The van der Waals surface area contributed by atoms with Gasteiger partial charge >= 0.3 is 0 Å². The zero-order chi connectivity index (χ0) is 13.8. The molecule has 1 amide bonds. The second-order valence-electron chi connectivity index (χ2n) is 5.99. The molecule has 1 fully saturated rings. The van der Waals surface area contributed by atoms with Crippen LogP contribution in [0.3, 0.4) is 0 Å². The van der Waals surface area contributed by atoms with Crippen molar-refractivity contribution in [3.63, 3.8) is 0 Å². The number of carbonyl (C=O) groups is 1. The molecule has 108 valence electrons. The minimum absolute atomic E-state index is 0.234. The zero-order valence-corrected chi connectivity index (χ0v) is 12.1. The minimum Gasteiger partial charge on any atom is -0.339 e. The van der Waals surface area contributed by atoms with Crippen molar-refractivity contribution in [2.24, 2.45) is 0 Å². The standard InChI is InChI=1S/C17H24N2O/c20-17-16-10-2-1-6-14(16)7-4-12-19(17)13-5-9-15-8-3-11-18-15/h1-2,6,10,15,18H,3-5,7-9,11-13H2. The topological polar surface area (TPSA) is 32.3 Å². The van der Waals surface area contributed by atoms with Crippen LogP contribution in [0, 0.1) is 0 Å². The Morgan fingerprint density at radius 3 is 3.00 bits per heavy atom. The summed E-state index contributed by atoms with van der Waals surface area (Å²) >= 11 is 0. The highest BCUT2D eigenvalue weighted by molar-refractivity contribution is 5.96. The summed E-state index contributed by atoms with van der Waals surface area (Å²) < 4.78 is 0. The fourth-order valence-electron chi connectivity index (χ4n) is 3.42. The van der Waals surface area contributed by atoms with Gasteiger partial charge in [-0.25, -0.2) is 0 Å². The number of nitrogens with one attached hydrogen (secondary N) is 1. The van der Waals surface area contributed by atoms with Crippen LogP contribution in [0.25, 0.3) is 0 Å². The van der Waals surface area contributed by atoms with Crippen molar-refractivity contribution in [2.75, 3.05) is 19.6 Å². The summed E-state index contributed by atoms with van der Waals surface area (Å²) in [6, 6.07) is 8.77. The molecule has 0 spiro atoms. The number of hydrogen-bond acceptors (Lipinski definition) is 2. The Balaban J connectivity index is 1.58. The van der Waals surface area contributed by atoms with Gasteiger partial charge < -0.3 is 10.2 Å². The van der Waals surface area contributed by atoms with Crippen LogP contribution >= 0.6 is 0 Å². The largest absolute Gasteiger partial charge is 0.339 e. The SMILES string of the molecule is O=C1c2ccccc2CCCN1CCCC1CCCN1. The maximum Gasteiger partial charge on any atom is 0.254 e. The molecule has 0 bridgehead atoms. The van der Waals surface area contributed by atoms with Crippen molar-refractivity contribution < 1.29 is 4.79 Å². The Morgan fingerprint density at radius 1 is 1.25 bits per heavy atom. The summed E-state index contributed by atoms with van der Waals surface area (Å²) in [6.45, 7) is 2.98. The van der Waals surface area contributed by atoms with Gasteiger partial charge in [-0.05, 0) is 56.7 Å². The van der Waals surface area contributed by atoms with Crippen LogP contribution in [0.5, 0.6) is 0 Å². The third kappa shape index (κ3) is 3.04. The molecule has 0 aromatic heterocycles. The number of hydrogen-bond donors (Lipinski definition) is 1. The molecule has 3 heteroatoms. The summed E-state index contributed by atoms with van der Waals surface area (Å²) in [5, 5.41) is 3.53. The summed E-state index contributed by atoms with van der Waals surface area (Å²) in [5.74, 6) is 0.234. The predicted molar refractivity (Wildman–Crippen MR) is 80.9 cm³/mol. The van der Waals surface area contributed by atoms with Crippen molar-refractivity contribution >= 4 is 5.91 Å². The molecular formula is C17H24N2O. The van der Waals surface area contributed by atoms with E-state index in [1.54, 1.807) is 0 Å². The van der Waals surface area contributed by atoms with Crippen molar-refractivity contribution in [3.8, 4) is 0 Å². The van der Waals surface area contributed by atoms with Crippen molar-refractivity contribution in [3.05, 3.63) is 35.4 Å². The van der Waals surface area contributed by atoms with Crippen LogP contribution in [-0.4, -0.2) is 36.5 Å². The maximum atomic E-state index is 12.6. The lowest BCUT2D eigenvalue weighted by molar-refractivity contribution is 0.0757. The molecule has 1 aromatic rings. The molecule has 3 rings (SSSR count). The van der Waals surface area contributed by atoms with Crippen LogP contribution in [-0.2, 0) is 6.42 Å². The van der Waals surface area contributed by atoms with Crippen LogP contribution in [0.1, 0.15) is 48.0 Å². The number of fused-ring (bicyclic) bond motifs is 1. The van der Waals surface area contributed by atoms with Crippen LogP contribution in [0.15, 0.2) is 24.3 Å². The van der Waals surface area contributed by atoms with Gasteiger partial charge in [0.25, 0.3) is 5.91 Å². The minimum atomic E-state index is 0.234. The summed E-state index contributed by atoms with van der Waals surface area (Å²) in [6.07, 6.45) is 7.04. The molecular weight excluding hydrogens is 248 g/mol. The Labute approximate surface area is 121 Å². The fraction of sp³-hybridized carbons (Fsp3) is 0.588. The Morgan fingerprint density at radius 2 is 2.15 bits per heavy atom. The Bertz CT molecular complexity index is 466. The van der Waals surface area contributed by atoms with Gasteiger partial charge in [0.05, 0.1) is 0 Å². The normalized spacial score (nSPS) is 22.7. The van der Waals surface area contributed by atoms with Crippen molar-refractivity contribution in [1.82, 2.24) is 10.2 Å². The lowest BCUT2D eigenvalue weighted by Gasteiger charge is -2.21. The number of carbonyl (C=O) groups excluding carboxylic acids is 1. The van der Waals surface area contributed by atoms with E-state index in [-0.39, 0.29) is 5.91 Å². The number of benzene rings is 1. The molecule has 1 unspecified atom stereocenters. The first-order valence-corrected chi connectivity index (χ1v) is 7.95. The lowest BCUT2D eigenvalue weighted by atomic mass is 10.0. The molecule has 2 aliphatic rings. The average molecular weight is 272 g/mol. The second kappa shape index (κ2) is 6.40. The van der Waals surface area contributed by atoms with Gasteiger partial charge in [0, 0.05) is 24.7 Å². The molecule has 0 radical (unpaired) electrons. The highest BCUT2D eigenvalue weighted by atomic mass is 16.2. The van der Waals surface area contributed by atoms with Gasteiger partial charge in [0.15, 0.2) is 0 Å². The van der Waals surface area contributed by atoms with E-state index < -0.39 is 0 Å². The first-order valence-electron chi connectivity index (χ1n) is 7.95. The quantitative estimate of drug-likeness (QED) is 0.914. The van der Waals surface area contributed by atoms with Crippen LogP contribution < -0.4 is 5.32 Å². The molecule has 1 aromatic carbocycles. The van der Waals surface area contributed by atoms with Gasteiger partial charge in [0.2, 0.25) is 0 Å². The van der Waals surface area contributed by atoms with E-state index in [4.69, 9.17) is 0 Å². The van der Waals surface area contributed by atoms with E-state index >= 15 is 0 Å². The van der Waals surface area contributed by atoms with E-state index in [1.165, 1.54) is 31.4 Å². The molecule has 0 saturated carbocycles.